The fraction of sp³-hybridized carbons (Fsp3) is 0.588. The Bertz CT molecular complexity index is 505. The van der Waals surface area contributed by atoms with Crippen LogP contribution in [0.15, 0.2) is 24.3 Å². The van der Waals surface area contributed by atoms with Crippen molar-refractivity contribution >= 4 is 6.03 Å². The van der Waals surface area contributed by atoms with E-state index in [1.165, 1.54) is 0 Å². The Hall–Kier alpha value is -1.75. The van der Waals surface area contributed by atoms with E-state index >= 15 is 0 Å². The van der Waals surface area contributed by atoms with Gasteiger partial charge in [0.1, 0.15) is 5.75 Å². The van der Waals surface area contributed by atoms with E-state index in [4.69, 9.17) is 9.47 Å². The van der Waals surface area contributed by atoms with Crippen molar-refractivity contribution in [2.75, 3.05) is 33.4 Å². The van der Waals surface area contributed by atoms with Crippen molar-refractivity contribution in [1.82, 2.24) is 10.2 Å². The first kappa shape index (κ1) is 16.6. The molecule has 1 unspecified atom stereocenters. The summed E-state index contributed by atoms with van der Waals surface area (Å²) >= 11 is 0. The highest BCUT2D eigenvalue weighted by molar-refractivity contribution is 5.75. The molecule has 1 saturated heterocycles. The lowest BCUT2D eigenvalue weighted by molar-refractivity contribution is 0.0512. The Balaban J connectivity index is 2.17. The number of nitrogens with one attached hydrogen (secondary N) is 1. The van der Waals surface area contributed by atoms with Gasteiger partial charge < -0.3 is 19.7 Å². The number of nitrogens with zero attached hydrogens (tertiary/aromatic N) is 1. The fourth-order valence-electron chi connectivity index (χ4n) is 2.60. The zero-order valence-corrected chi connectivity index (χ0v) is 13.9. The molecule has 1 N–H and O–H groups in total. The second-order valence-corrected chi connectivity index (χ2v) is 6.62. The van der Waals surface area contributed by atoms with Gasteiger partial charge in [-0.25, -0.2) is 4.79 Å². The van der Waals surface area contributed by atoms with Gasteiger partial charge in [-0.05, 0) is 23.1 Å². The molecule has 5 heteroatoms. The van der Waals surface area contributed by atoms with Crippen molar-refractivity contribution in [2.24, 2.45) is 5.41 Å². The average Bonchev–Trinajstić information content (AvgIpc) is 2.52. The van der Waals surface area contributed by atoms with Crippen LogP contribution in [0.2, 0.25) is 0 Å². The first-order valence-electron chi connectivity index (χ1n) is 7.69. The van der Waals surface area contributed by atoms with Gasteiger partial charge in [-0.3, -0.25) is 0 Å². The summed E-state index contributed by atoms with van der Waals surface area (Å²) in [5.74, 6) is 0.798. The maximum atomic E-state index is 12.5. The zero-order chi connectivity index (χ0) is 16.2. The number of rotatable bonds is 3. The summed E-state index contributed by atoms with van der Waals surface area (Å²) < 4.78 is 10.6. The van der Waals surface area contributed by atoms with Gasteiger partial charge in [0.15, 0.2) is 0 Å². The Kier molecular flexibility index (Phi) is 5.29. The van der Waals surface area contributed by atoms with E-state index in [2.05, 4.69) is 26.1 Å². The molecule has 0 aromatic heterocycles. The van der Waals surface area contributed by atoms with Crippen LogP contribution in [0.1, 0.15) is 32.4 Å². The van der Waals surface area contributed by atoms with Crippen LogP contribution in [-0.2, 0) is 4.74 Å². The van der Waals surface area contributed by atoms with Crippen LogP contribution in [-0.4, -0.2) is 44.3 Å². The SMILES string of the molecule is COc1cccc(C(NC(=O)N2CCOCC2)C(C)(C)C)c1. The maximum absolute atomic E-state index is 12.5. The molecular weight excluding hydrogens is 280 g/mol. The van der Waals surface area contributed by atoms with Crippen LogP contribution in [0.4, 0.5) is 4.79 Å². The zero-order valence-electron chi connectivity index (χ0n) is 13.9. The lowest BCUT2D eigenvalue weighted by Crippen LogP contribution is -2.49. The monoisotopic (exact) mass is 306 g/mol. The lowest BCUT2D eigenvalue weighted by Gasteiger charge is -2.35. The number of hydrogen-bond donors (Lipinski definition) is 1. The molecule has 0 radical (unpaired) electrons. The van der Waals surface area contributed by atoms with Gasteiger partial charge in [0.05, 0.1) is 26.4 Å². The first-order chi connectivity index (χ1) is 10.4. The van der Waals surface area contributed by atoms with Crippen molar-refractivity contribution in [3.8, 4) is 5.75 Å². The van der Waals surface area contributed by atoms with E-state index in [1.54, 1.807) is 7.11 Å². The summed E-state index contributed by atoms with van der Waals surface area (Å²) in [6.45, 7) is 8.85. The smallest absolute Gasteiger partial charge is 0.318 e. The molecule has 1 aromatic rings. The number of ether oxygens (including phenoxy) is 2. The molecule has 0 spiro atoms. The molecule has 1 aliphatic rings. The summed E-state index contributed by atoms with van der Waals surface area (Å²) in [6.07, 6.45) is 0. The Morgan fingerprint density at radius 1 is 1.32 bits per heavy atom. The second-order valence-electron chi connectivity index (χ2n) is 6.62. The molecule has 1 heterocycles. The topological polar surface area (TPSA) is 50.8 Å². The van der Waals surface area contributed by atoms with Crippen LogP contribution in [0.5, 0.6) is 5.75 Å². The van der Waals surface area contributed by atoms with Gasteiger partial charge in [0, 0.05) is 13.1 Å². The largest absolute Gasteiger partial charge is 0.497 e. The molecular formula is C17H26N2O3. The van der Waals surface area contributed by atoms with Crippen molar-refractivity contribution in [3.05, 3.63) is 29.8 Å². The number of urea groups is 1. The number of hydrogen-bond acceptors (Lipinski definition) is 3. The van der Waals surface area contributed by atoms with Crippen LogP contribution in [0.25, 0.3) is 0 Å². The second kappa shape index (κ2) is 7.01. The maximum Gasteiger partial charge on any atom is 0.318 e. The van der Waals surface area contributed by atoms with Crippen molar-refractivity contribution in [2.45, 2.75) is 26.8 Å². The number of amides is 2. The van der Waals surface area contributed by atoms with E-state index in [0.29, 0.717) is 26.3 Å². The summed E-state index contributed by atoms with van der Waals surface area (Å²) in [6, 6.07) is 7.75. The third kappa shape index (κ3) is 4.13. The molecule has 1 fully saturated rings. The third-order valence-electron chi connectivity index (χ3n) is 3.86. The molecule has 22 heavy (non-hydrogen) atoms. The van der Waals surface area contributed by atoms with E-state index in [9.17, 15) is 4.79 Å². The van der Waals surface area contributed by atoms with Crippen LogP contribution in [0.3, 0.4) is 0 Å². The number of methoxy groups -OCH3 is 1. The van der Waals surface area contributed by atoms with Gasteiger partial charge >= 0.3 is 6.03 Å². The van der Waals surface area contributed by atoms with E-state index in [1.807, 2.05) is 29.2 Å². The molecule has 0 bridgehead atoms. The molecule has 122 valence electrons. The minimum atomic E-state index is -0.103. The molecule has 2 amide bonds. The quantitative estimate of drug-likeness (QED) is 0.934. The molecule has 1 atom stereocenters. The summed E-state index contributed by atoms with van der Waals surface area (Å²) in [7, 11) is 1.65. The number of benzene rings is 1. The number of carbonyl (C=O) groups excluding carboxylic acids is 1. The summed E-state index contributed by atoms with van der Waals surface area (Å²) in [4.78, 5) is 14.3. The standard InChI is InChI=1S/C17H26N2O3/c1-17(2,3)15(13-6-5-7-14(12-13)21-4)18-16(20)19-8-10-22-11-9-19/h5-7,12,15H,8-11H2,1-4H3,(H,18,20). The minimum Gasteiger partial charge on any atom is -0.497 e. The normalized spacial score (nSPS) is 17.0. The Morgan fingerprint density at radius 3 is 2.59 bits per heavy atom. The van der Waals surface area contributed by atoms with E-state index in [-0.39, 0.29) is 17.5 Å². The summed E-state index contributed by atoms with van der Waals surface area (Å²) in [5.41, 5.74) is 0.947. The molecule has 0 aliphatic carbocycles. The van der Waals surface area contributed by atoms with Gasteiger partial charge in [0.2, 0.25) is 0 Å². The van der Waals surface area contributed by atoms with E-state index in [0.717, 1.165) is 11.3 Å². The molecule has 2 rings (SSSR count). The predicted molar refractivity (Wildman–Crippen MR) is 86.1 cm³/mol. The van der Waals surface area contributed by atoms with Crippen LogP contribution < -0.4 is 10.1 Å². The highest BCUT2D eigenvalue weighted by Gasteiger charge is 2.30. The predicted octanol–water partition coefficient (Wildman–Crippen LogP) is 2.82. The molecule has 1 aliphatic heterocycles. The number of carbonyl (C=O) groups is 1. The highest BCUT2D eigenvalue weighted by Crippen LogP contribution is 2.34. The van der Waals surface area contributed by atoms with Crippen LogP contribution >= 0.6 is 0 Å². The minimum absolute atomic E-state index is 0.0361. The van der Waals surface area contributed by atoms with Crippen molar-refractivity contribution < 1.29 is 14.3 Å². The fourth-order valence-corrected chi connectivity index (χ4v) is 2.60. The Labute approximate surface area is 132 Å². The van der Waals surface area contributed by atoms with Gasteiger partial charge in [-0.15, -0.1) is 0 Å². The van der Waals surface area contributed by atoms with Gasteiger partial charge in [-0.2, -0.15) is 0 Å². The molecule has 5 nitrogen and oxygen atoms in total. The lowest BCUT2D eigenvalue weighted by atomic mass is 9.82. The third-order valence-corrected chi connectivity index (χ3v) is 3.86. The average molecular weight is 306 g/mol. The summed E-state index contributed by atoms with van der Waals surface area (Å²) in [5, 5.41) is 3.17. The van der Waals surface area contributed by atoms with E-state index < -0.39 is 0 Å². The van der Waals surface area contributed by atoms with Crippen LogP contribution in [0, 0.1) is 5.41 Å². The highest BCUT2D eigenvalue weighted by atomic mass is 16.5. The van der Waals surface area contributed by atoms with Gasteiger partial charge in [0.25, 0.3) is 0 Å². The molecule has 1 aromatic carbocycles. The van der Waals surface area contributed by atoms with Crippen molar-refractivity contribution in [3.63, 3.8) is 0 Å². The van der Waals surface area contributed by atoms with Crippen molar-refractivity contribution in [1.29, 1.82) is 0 Å². The molecule has 0 saturated carbocycles. The number of morpholine rings is 1. The Morgan fingerprint density at radius 2 is 2.00 bits per heavy atom. The van der Waals surface area contributed by atoms with Gasteiger partial charge in [-0.1, -0.05) is 32.9 Å². The first-order valence-corrected chi connectivity index (χ1v) is 7.69.